The highest BCUT2D eigenvalue weighted by atomic mass is 16.3. The Kier molecular flexibility index (Phi) is 2.81. The van der Waals surface area contributed by atoms with Crippen LogP contribution >= 0.6 is 0 Å². The van der Waals surface area contributed by atoms with Gasteiger partial charge in [-0.3, -0.25) is 0 Å². The zero-order valence-electron chi connectivity index (χ0n) is 11.8. The van der Waals surface area contributed by atoms with Crippen molar-refractivity contribution in [2.24, 2.45) is 0 Å². The van der Waals surface area contributed by atoms with Gasteiger partial charge in [-0.15, -0.1) is 0 Å². The minimum absolute atomic E-state index is 0.326. The Bertz CT molecular complexity index is 737. The first-order valence-corrected chi connectivity index (χ1v) is 7.25. The van der Waals surface area contributed by atoms with Crippen LogP contribution in [0, 0.1) is 0 Å². The van der Waals surface area contributed by atoms with Crippen LogP contribution in [0.25, 0.3) is 11.1 Å². The van der Waals surface area contributed by atoms with Crippen molar-refractivity contribution in [1.29, 1.82) is 0 Å². The van der Waals surface area contributed by atoms with Crippen LogP contribution in [0.1, 0.15) is 23.1 Å². The number of allylic oxidation sites excluding steroid dienone is 2. The molecule has 0 amide bonds. The van der Waals surface area contributed by atoms with Gasteiger partial charge in [-0.05, 0) is 40.8 Å². The van der Waals surface area contributed by atoms with Crippen LogP contribution in [0.4, 0.5) is 0 Å². The lowest BCUT2D eigenvalue weighted by Gasteiger charge is -2.33. The van der Waals surface area contributed by atoms with E-state index in [1.54, 1.807) is 6.26 Å². The molecule has 104 valence electrons. The molecule has 0 radical (unpaired) electrons. The maximum Gasteiger partial charge on any atom is 0.0978 e. The molecule has 2 aromatic rings. The lowest BCUT2D eigenvalue weighted by Crippen LogP contribution is -2.31. The van der Waals surface area contributed by atoms with Gasteiger partial charge < -0.3 is 9.32 Å². The molecule has 2 aliphatic heterocycles. The topological polar surface area (TPSA) is 16.4 Å². The summed E-state index contributed by atoms with van der Waals surface area (Å²) in [5.74, 6) is 0. The molecular formula is C19H17NO. The first-order valence-electron chi connectivity index (χ1n) is 7.25. The van der Waals surface area contributed by atoms with E-state index in [2.05, 4.69) is 54.1 Å². The molecule has 0 saturated heterocycles. The second-order valence-corrected chi connectivity index (χ2v) is 5.63. The van der Waals surface area contributed by atoms with E-state index >= 15 is 0 Å². The Morgan fingerprint density at radius 3 is 2.95 bits per heavy atom. The molecule has 4 rings (SSSR count). The molecule has 1 aromatic heterocycles. The molecule has 1 atom stereocenters. The second-order valence-electron chi connectivity index (χ2n) is 5.63. The van der Waals surface area contributed by atoms with Crippen LogP contribution in [-0.4, -0.2) is 10.9 Å². The summed E-state index contributed by atoms with van der Waals surface area (Å²) < 4.78 is 5.26. The van der Waals surface area contributed by atoms with Crippen molar-refractivity contribution in [3.63, 3.8) is 0 Å². The van der Waals surface area contributed by atoms with Gasteiger partial charge in [0.2, 0.25) is 0 Å². The molecule has 1 aromatic carbocycles. The molecule has 0 saturated carbocycles. The van der Waals surface area contributed by atoms with E-state index in [0.717, 1.165) is 18.5 Å². The van der Waals surface area contributed by atoms with E-state index in [1.807, 2.05) is 12.3 Å². The van der Waals surface area contributed by atoms with Gasteiger partial charge in [-0.1, -0.05) is 36.9 Å². The second kappa shape index (κ2) is 4.81. The van der Waals surface area contributed by atoms with Crippen LogP contribution in [-0.2, 0) is 6.54 Å². The number of benzene rings is 1. The number of fused-ring (bicyclic) bond motifs is 2. The fourth-order valence-corrected chi connectivity index (χ4v) is 3.30. The molecular weight excluding hydrogens is 258 g/mol. The van der Waals surface area contributed by atoms with Gasteiger partial charge in [0.1, 0.15) is 0 Å². The predicted octanol–water partition coefficient (Wildman–Crippen LogP) is 4.48. The van der Waals surface area contributed by atoms with E-state index in [9.17, 15) is 0 Å². The van der Waals surface area contributed by atoms with Crippen LogP contribution in [0.5, 0.6) is 0 Å². The van der Waals surface area contributed by atoms with Crippen LogP contribution in [0.3, 0.4) is 0 Å². The van der Waals surface area contributed by atoms with Crippen molar-refractivity contribution in [1.82, 2.24) is 4.90 Å². The Morgan fingerprint density at radius 1 is 1.19 bits per heavy atom. The summed E-state index contributed by atoms with van der Waals surface area (Å²) in [6.45, 7) is 5.24. The molecule has 2 heteroatoms. The minimum Gasteiger partial charge on any atom is -0.472 e. The number of rotatable bonds is 1. The number of nitrogens with zero attached hydrogens (tertiary/aromatic N) is 1. The van der Waals surface area contributed by atoms with Crippen molar-refractivity contribution in [3.05, 3.63) is 84.5 Å². The van der Waals surface area contributed by atoms with E-state index < -0.39 is 0 Å². The van der Waals surface area contributed by atoms with E-state index in [0.29, 0.717) is 6.04 Å². The molecule has 2 nitrogen and oxygen atoms in total. The minimum atomic E-state index is 0.326. The SMILES string of the molecule is C=C1CC2C(c3ccoc3)=CC=CN2Cc2ccccc21. The van der Waals surface area contributed by atoms with Gasteiger partial charge in [0.05, 0.1) is 18.6 Å². The van der Waals surface area contributed by atoms with E-state index in [4.69, 9.17) is 4.42 Å². The third-order valence-electron chi connectivity index (χ3n) is 4.36. The van der Waals surface area contributed by atoms with Crippen molar-refractivity contribution in [3.8, 4) is 0 Å². The number of furan rings is 1. The fourth-order valence-electron chi connectivity index (χ4n) is 3.30. The van der Waals surface area contributed by atoms with Gasteiger partial charge in [-0.25, -0.2) is 0 Å². The maximum absolute atomic E-state index is 5.26. The summed E-state index contributed by atoms with van der Waals surface area (Å²) in [4.78, 5) is 2.40. The van der Waals surface area contributed by atoms with Crippen molar-refractivity contribution >= 4 is 11.1 Å². The van der Waals surface area contributed by atoms with E-state index in [-0.39, 0.29) is 0 Å². The number of hydrogen-bond acceptors (Lipinski definition) is 2. The monoisotopic (exact) mass is 275 g/mol. The summed E-state index contributed by atoms with van der Waals surface area (Å²) in [6.07, 6.45) is 11.0. The van der Waals surface area contributed by atoms with Crippen LogP contribution < -0.4 is 0 Å². The lowest BCUT2D eigenvalue weighted by atomic mass is 9.91. The van der Waals surface area contributed by atoms with Crippen molar-refractivity contribution < 1.29 is 4.42 Å². The van der Waals surface area contributed by atoms with E-state index in [1.165, 1.54) is 22.3 Å². The highest BCUT2D eigenvalue weighted by Gasteiger charge is 2.28. The predicted molar refractivity (Wildman–Crippen MR) is 85.2 cm³/mol. The molecule has 0 N–H and O–H groups in total. The summed E-state index contributed by atoms with van der Waals surface area (Å²) in [7, 11) is 0. The first kappa shape index (κ1) is 12.3. The Hall–Kier alpha value is -2.48. The van der Waals surface area contributed by atoms with Gasteiger partial charge >= 0.3 is 0 Å². The quantitative estimate of drug-likeness (QED) is 0.763. The van der Waals surface area contributed by atoms with Gasteiger partial charge in [0.25, 0.3) is 0 Å². The first-order chi connectivity index (χ1) is 10.3. The smallest absolute Gasteiger partial charge is 0.0978 e. The normalized spacial score (nSPS) is 20.6. The average molecular weight is 275 g/mol. The van der Waals surface area contributed by atoms with Gasteiger partial charge in [-0.2, -0.15) is 0 Å². The zero-order chi connectivity index (χ0) is 14.2. The molecule has 0 spiro atoms. The zero-order valence-corrected chi connectivity index (χ0v) is 11.8. The Morgan fingerprint density at radius 2 is 2.10 bits per heavy atom. The average Bonchev–Trinajstić information content (AvgIpc) is 2.98. The molecule has 1 unspecified atom stereocenters. The summed E-state index contributed by atoms with van der Waals surface area (Å²) in [5, 5.41) is 0. The number of hydrogen-bond donors (Lipinski definition) is 0. The van der Waals surface area contributed by atoms with Crippen LogP contribution in [0.15, 0.2) is 72.2 Å². The summed E-state index contributed by atoms with van der Waals surface area (Å²) >= 11 is 0. The fraction of sp³-hybridized carbons (Fsp3) is 0.158. The molecule has 2 aliphatic rings. The largest absolute Gasteiger partial charge is 0.472 e. The van der Waals surface area contributed by atoms with Crippen molar-refractivity contribution in [2.45, 2.75) is 19.0 Å². The Labute approximate surface area is 124 Å². The molecule has 21 heavy (non-hydrogen) atoms. The third-order valence-corrected chi connectivity index (χ3v) is 4.36. The molecule has 0 aliphatic carbocycles. The highest BCUT2D eigenvalue weighted by Crippen LogP contribution is 2.37. The van der Waals surface area contributed by atoms with Crippen molar-refractivity contribution in [2.75, 3.05) is 0 Å². The Balaban J connectivity index is 1.76. The lowest BCUT2D eigenvalue weighted by molar-refractivity contribution is 0.325. The summed E-state index contributed by atoms with van der Waals surface area (Å²) in [6, 6.07) is 10.9. The van der Waals surface area contributed by atoms with Gasteiger partial charge in [0.15, 0.2) is 0 Å². The molecule has 3 heterocycles. The molecule has 0 fully saturated rings. The summed E-state index contributed by atoms with van der Waals surface area (Å²) in [5.41, 5.74) is 6.33. The molecule has 0 bridgehead atoms. The standard InChI is InChI=1S/C19H17NO/c1-14-11-19-18(16-8-10-21-13-16)7-4-9-20(19)12-15-5-2-3-6-17(14)15/h2-10,13,19H,1,11-12H2. The van der Waals surface area contributed by atoms with Crippen LogP contribution in [0.2, 0.25) is 0 Å². The van der Waals surface area contributed by atoms with Gasteiger partial charge in [0, 0.05) is 18.3 Å². The maximum atomic E-state index is 5.26. The third kappa shape index (κ3) is 2.04. The highest BCUT2D eigenvalue weighted by molar-refractivity contribution is 5.77.